The third-order valence-corrected chi connectivity index (χ3v) is 2.59. The molecule has 2 rings (SSSR count). The number of halogens is 3. The van der Waals surface area contributed by atoms with Crippen molar-refractivity contribution in [2.45, 2.75) is 31.0 Å². The van der Waals surface area contributed by atoms with Crippen LogP contribution in [0.25, 0.3) is 0 Å². The van der Waals surface area contributed by atoms with Crippen molar-refractivity contribution in [1.29, 1.82) is 0 Å². The minimum absolute atomic E-state index is 0.199. The molecular formula is C10H11F3N2. The molecule has 0 spiro atoms. The van der Waals surface area contributed by atoms with Crippen molar-refractivity contribution in [1.82, 2.24) is 4.98 Å². The summed E-state index contributed by atoms with van der Waals surface area (Å²) >= 11 is 0. The molecule has 1 fully saturated rings. The molecule has 15 heavy (non-hydrogen) atoms. The number of nitrogens with two attached hydrogens (primary N) is 1. The number of hydrogen-bond donors (Lipinski definition) is 1. The predicted molar refractivity (Wildman–Crippen MR) is 49.1 cm³/mol. The smallest absolute Gasteiger partial charge is 0.325 e. The molecule has 2 nitrogen and oxygen atoms in total. The zero-order chi connectivity index (χ0) is 11.1. The highest BCUT2D eigenvalue weighted by Crippen LogP contribution is 2.38. The van der Waals surface area contributed by atoms with Gasteiger partial charge >= 0.3 is 6.18 Å². The van der Waals surface area contributed by atoms with E-state index in [9.17, 15) is 13.2 Å². The van der Waals surface area contributed by atoms with Gasteiger partial charge in [-0.15, -0.1) is 0 Å². The van der Waals surface area contributed by atoms with Crippen LogP contribution in [0.1, 0.15) is 24.1 Å². The number of rotatable bonds is 2. The van der Waals surface area contributed by atoms with E-state index in [4.69, 9.17) is 5.73 Å². The number of hydrogen-bond acceptors (Lipinski definition) is 2. The fraction of sp³-hybridized carbons (Fsp3) is 0.500. The van der Waals surface area contributed by atoms with E-state index in [-0.39, 0.29) is 12.0 Å². The first-order valence-corrected chi connectivity index (χ1v) is 4.71. The number of nitrogens with zero attached hydrogens (tertiary/aromatic N) is 1. The maximum Gasteiger partial charge on any atom is 0.433 e. The summed E-state index contributed by atoms with van der Waals surface area (Å²) in [6.07, 6.45) is -1.39. The Morgan fingerprint density at radius 1 is 1.40 bits per heavy atom. The zero-order valence-electron chi connectivity index (χ0n) is 8.01. The Balaban J connectivity index is 2.30. The highest BCUT2D eigenvalue weighted by atomic mass is 19.4. The lowest BCUT2D eigenvalue weighted by Crippen LogP contribution is -2.26. The fourth-order valence-electron chi connectivity index (χ4n) is 1.55. The first kappa shape index (κ1) is 10.4. The standard InChI is InChI=1S/C10H11F3N2/c11-10(12,13)8-7(2-1-5-15-8)6-9(14)3-4-9/h1-2,5H,3-4,6,14H2. The lowest BCUT2D eigenvalue weighted by atomic mass is 10.0. The summed E-state index contributed by atoms with van der Waals surface area (Å²) in [6.45, 7) is 0. The van der Waals surface area contributed by atoms with E-state index in [0.717, 1.165) is 19.0 Å². The normalized spacial score (nSPS) is 18.9. The number of aromatic nitrogens is 1. The summed E-state index contributed by atoms with van der Waals surface area (Å²) in [7, 11) is 0. The van der Waals surface area contributed by atoms with E-state index in [2.05, 4.69) is 4.98 Å². The summed E-state index contributed by atoms with van der Waals surface area (Å²) in [4.78, 5) is 3.38. The van der Waals surface area contributed by atoms with Crippen molar-refractivity contribution < 1.29 is 13.2 Å². The van der Waals surface area contributed by atoms with Crippen LogP contribution in [-0.2, 0) is 12.6 Å². The molecule has 0 unspecified atom stereocenters. The van der Waals surface area contributed by atoms with Gasteiger partial charge in [0.25, 0.3) is 0 Å². The second kappa shape index (κ2) is 3.20. The highest BCUT2D eigenvalue weighted by molar-refractivity contribution is 5.26. The second-order valence-corrected chi connectivity index (χ2v) is 4.05. The SMILES string of the molecule is NC1(Cc2cccnc2C(F)(F)F)CC1. The Kier molecular flexibility index (Phi) is 2.22. The first-order valence-electron chi connectivity index (χ1n) is 4.71. The molecule has 1 aromatic rings. The van der Waals surface area contributed by atoms with E-state index in [1.807, 2.05) is 0 Å². The Hall–Kier alpha value is -1.10. The molecule has 1 aliphatic carbocycles. The van der Waals surface area contributed by atoms with Gasteiger partial charge in [-0.3, -0.25) is 4.98 Å². The summed E-state index contributed by atoms with van der Waals surface area (Å²) < 4.78 is 37.6. The second-order valence-electron chi connectivity index (χ2n) is 4.05. The van der Waals surface area contributed by atoms with Crippen LogP contribution in [0.15, 0.2) is 18.3 Å². The van der Waals surface area contributed by atoms with Crippen LogP contribution < -0.4 is 5.73 Å². The summed E-state index contributed by atoms with van der Waals surface area (Å²) in [5.41, 5.74) is 4.76. The van der Waals surface area contributed by atoms with Crippen LogP contribution >= 0.6 is 0 Å². The van der Waals surface area contributed by atoms with Gasteiger partial charge in [-0.2, -0.15) is 13.2 Å². The number of alkyl halides is 3. The first-order chi connectivity index (χ1) is 6.91. The van der Waals surface area contributed by atoms with Gasteiger partial charge in [0.1, 0.15) is 5.69 Å². The van der Waals surface area contributed by atoms with E-state index in [1.54, 1.807) is 0 Å². The molecule has 1 heterocycles. The summed E-state index contributed by atoms with van der Waals surface area (Å²) in [5.74, 6) is 0. The van der Waals surface area contributed by atoms with Crippen molar-refractivity contribution in [3.05, 3.63) is 29.6 Å². The molecule has 1 aromatic heterocycles. The largest absolute Gasteiger partial charge is 0.433 e. The number of pyridine rings is 1. The van der Waals surface area contributed by atoms with E-state index < -0.39 is 17.4 Å². The van der Waals surface area contributed by atoms with Crippen molar-refractivity contribution >= 4 is 0 Å². The van der Waals surface area contributed by atoms with Crippen LogP contribution in [0.2, 0.25) is 0 Å². The van der Waals surface area contributed by atoms with Crippen molar-refractivity contribution in [3.63, 3.8) is 0 Å². The average Bonchev–Trinajstić information content (AvgIpc) is 2.82. The van der Waals surface area contributed by atoms with Gasteiger partial charge < -0.3 is 5.73 Å². The maximum absolute atomic E-state index is 12.5. The maximum atomic E-state index is 12.5. The Labute approximate surface area is 85.3 Å². The van der Waals surface area contributed by atoms with Gasteiger partial charge in [0, 0.05) is 11.7 Å². The van der Waals surface area contributed by atoms with Gasteiger partial charge in [0.2, 0.25) is 0 Å². The van der Waals surface area contributed by atoms with E-state index in [1.165, 1.54) is 12.1 Å². The minimum Gasteiger partial charge on any atom is -0.325 e. The minimum atomic E-state index is -4.39. The summed E-state index contributed by atoms with van der Waals surface area (Å²) in [6, 6.07) is 2.96. The van der Waals surface area contributed by atoms with Crippen molar-refractivity contribution in [2.75, 3.05) is 0 Å². The molecule has 0 radical (unpaired) electrons. The van der Waals surface area contributed by atoms with Gasteiger partial charge in [-0.25, -0.2) is 0 Å². The molecular weight excluding hydrogens is 205 g/mol. The molecule has 5 heteroatoms. The van der Waals surface area contributed by atoms with Crippen LogP contribution in [-0.4, -0.2) is 10.5 Å². The van der Waals surface area contributed by atoms with Crippen molar-refractivity contribution in [2.24, 2.45) is 5.73 Å². The lowest BCUT2D eigenvalue weighted by Gasteiger charge is -2.14. The molecule has 0 aromatic carbocycles. The van der Waals surface area contributed by atoms with Crippen molar-refractivity contribution in [3.8, 4) is 0 Å². The third-order valence-electron chi connectivity index (χ3n) is 2.59. The van der Waals surface area contributed by atoms with Gasteiger partial charge in [0.05, 0.1) is 0 Å². The molecule has 2 N–H and O–H groups in total. The van der Waals surface area contributed by atoms with Crippen LogP contribution in [0, 0.1) is 0 Å². The fourth-order valence-corrected chi connectivity index (χ4v) is 1.55. The molecule has 0 amide bonds. The van der Waals surface area contributed by atoms with Crippen LogP contribution in [0.4, 0.5) is 13.2 Å². The molecule has 1 aliphatic rings. The molecule has 0 saturated heterocycles. The highest BCUT2D eigenvalue weighted by Gasteiger charge is 2.42. The van der Waals surface area contributed by atoms with Crippen LogP contribution in [0.3, 0.4) is 0 Å². The monoisotopic (exact) mass is 216 g/mol. The molecule has 0 atom stereocenters. The molecule has 82 valence electrons. The Morgan fingerprint density at radius 3 is 2.60 bits per heavy atom. The van der Waals surface area contributed by atoms with Crippen LogP contribution in [0.5, 0.6) is 0 Å². The topological polar surface area (TPSA) is 38.9 Å². The third kappa shape index (κ3) is 2.28. The lowest BCUT2D eigenvalue weighted by molar-refractivity contribution is -0.141. The van der Waals surface area contributed by atoms with Gasteiger partial charge in [-0.05, 0) is 30.9 Å². The molecule has 0 aliphatic heterocycles. The quantitative estimate of drug-likeness (QED) is 0.822. The Bertz CT molecular complexity index is 369. The molecule has 1 saturated carbocycles. The average molecular weight is 216 g/mol. The zero-order valence-corrected chi connectivity index (χ0v) is 8.01. The predicted octanol–water partition coefficient (Wildman–Crippen LogP) is 2.13. The van der Waals surface area contributed by atoms with Gasteiger partial charge in [-0.1, -0.05) is 6.07 Å². The molecule has 0 bridgehead atoms. The Morgan fingerprint density at radius 2 is 2.07 bits per heavy atom. The summed E-state index contributed by atoms with van der Waals surface area (Å²) in [5, 5.41) is 0. The van der Waals surface area contributed by atoms with E-state index in [0.29, 0.717) is 0 Å². The van der Waals surface area contributed by atoms with E-state index >= 15 is 0 Å². The van der Waals surface area contributed by atoms with Gasteiger partial charge in [0.15, 0.2) is 0 Å².